The number of hydrogen-bond acceptors (Lipinski definition) is 2. The predicted octanol–water partition coefficient (Wildman–Crippen LogP) is 6.26. The van der Waals surface area contributed by atoms with Crippen molar-refractivity contribution in [2.24, 2.45) is 5.92 Å². The van der Waals surface area contributed by atoms with Crippen molar-refractivity contribution in [1.82, 2.24) is 4.90 Å². The average molecular weight is 432 g/mol. The summed E-state index contributed by atoms with van der Waals surface area (Å²) < 4.78 is 31.2. The highest BCUT2D eigenvalue weighted by Gasteiger charge is 2.63. The number of ketones is 1. The maximum Gasteiger partial charge on any atom is 0.152 e. The Hall–Kier alpha value is -2.59. The van der Waals surface area contributed by atoms with Crippen LogP contribution in [0.4, 0.5) is 8.78 Å². The van der Waals surface area contributed by atoms with Crippen molar-refractivity contribution in [3.05, 3.63) is 81.9 Å². The van der Waals surface area contributed by atoms with Gasteiger partial charge in [0.05, 0.1) is 6.04 Å². The molecule has 4 aliphatic carbocycles. The number of allylic oxidation sites excluding steroid dienone is 1. The number of benzene rings is 2. The first-order valence-corrected chi connectivity index (χ1v) is 11.6. The van der Waals surface area contributed by atoms with Gasteiger partial charge in [-0.1, -0.05) is 30.3 Å². The van der Waals surface area contributed by atoms with E-state index in [1.807, 2.05) is 6.07 Å². The van der Waals surface area contributed by atoms with Crippen LogP contribution in [0.5, 0.6) is 0 Å². The minimum Gasteiger partial charge on any atom is -0.295 e. The number of carbonyl (C=O) groups is 1. The Morgan fingerprint density at radius 1 is 1.12 bits per heavy atom. The van der Waals surface area contributed by atoms with E-state index in [1.165, 1.54) is 53.5 Å². The van der Waals surface area contributed by atoms with Crippen LogP contribution in [-0.4, -0.2) is 22.3 Å². The van der Waals surface area contributed by atoms with E-state index in [1.54, 1.807) is 0 Å². The smallest absolute Gasteiger partial charge is 0.152 e. The predicted molar refractivity (Wildman–Crippen MR) is 122 cm³/mol. The number of hydrogen-bond donors (Lipinski definition) is 0. The fourth-order valence-electron chi connectivity index (χ4n) is 6.75. The molecule has 164 valence electrons. The fraction of sp³-hybridized carbons (Fsp3) is 0.393. The average Bonchev–Trinajstić information content (AvgIpc) is 3.04. The summed E-state index contributed by atoms with van der Waals surface area (Å²) in [6.45, 7) is 3.65. The van der Waals surface area contributed by atoms with E-state index in [2.05, 4.69) is 30.0 Å². The molecule has 4 heteroatoms. The van der Waals surface area contributed by atoms with Crippen LogP contribution in [0.15, 0.2) is 48.0 Å². The first-order valence-electron chi connectivity index (χ1n) is 11.6. The third kappa shape index (κ3) is 2.82. The molecule has 0 saturated heterocycles. The van der Waals surface area contributed by atoms with Gasteiger partial charge in [-0.05, 0) is 97.9 Å². The highest BCUT2D eigenvalue weighted by molar-refractivity contribution is 5.91. The van der Waals surface area contributed by atoms with Gasteiger partial charge in [0.15, 0.2) is 5.78 Å². The summed E-state index contributed by atoms with van der Waals surface area (Å²) in [5, 5.41) is 0. The Balaban J connectivity index is 1.50. The van der Waals surface area contributed by atoms with Crippen molar-refractivity contribution < 1.29 is 13.6 Å². The van der Waals surface area contributed by atoms with Crippen molar-refractivity contribution in [3.8, 4) is 0 Å². The maximum absolute atomic E-state index is 15.6. The quantitative estimate of drug-likeness (QED) is 0.532. The molecule has 0 aromatic heterocycles. The monoisotopic (exact) mass is 431 g/mol. The third-order valence-electron chi connectivity index (χ3n) is 8.13. The first kappa shape index (κ1) is 20.0. The molecule has 7 rings (SSSR count). The van der Waals surface area contributed by atoms with E-state index < -0.39 is 11.6 Å². The van der Waals surface area contributed by atoms with E-state index in [0.29, 0.717) is 5.56 Å². The molecule has 2 aromatic carbocycles. The van der Waals surface area contributed by atoms with Crippen molar-refractivity contribution in [2.45, 2.75) is 63.6 Å². The number of rotatable bonds is 4. The van der Waals surface area contributed by atoms with Gasteiger partial charge in [-0.15, -0.1) is 0 Å². The van der Waals surface area contributed by atoms with Gasteiger partial charge in [0.2, 0.25) is 0 Å². The van der Waals surface area contributed by atoms with E-state index >= 15 is 8.78 Å². The van der Waals surface area contributed by atoms with Crippen molar-refractivity contribution in [3.63, 3.8) is 0 Å². The Morgan fingerprint density at radius 3 is 2.44 bits per heavy atom. The number of carbonyl (C=O) groups excluding carboxylic acids is 1. The van der Waals surface area contributed by atoms with Gasteiger partial charge in [0, 0.05) is 17.1 Å². The standard InChI is InChI=1S/C28H27F2NO/c1-16-9-22-21-6-4-3-5-20(21)12-23(22)27(31(16)28-13-19(14-28)15-28)26-24(29)10-18(11-25(26)30)8-7-17(2)32/h3-8,10-11,16,19,27H,9,12-15H2,1-2H3/b8-7+/t16-,19?,27+,28?/m1/s1. The third-order valence-corrected chi connectivity index (χ3v) is 8.13. The molecular weight excluding hydrogens is 404 g/mol. The Morgan fingerprint density at radius 2 is 1.81 bits per heavy atom. The van der Waals surface area contributed by atoms with Crippen LogP contribution in [0, 0.1) is 17.6 Å². The van der Waals surface area contributed by atoms with Crippen LogP contribution >= 0.6 is 0 Å². The van der Waals surface area contributed by atoms with E-state index in [4.69, 9.17) is 0 Å². The molecule has 2 aromatic rings. The maximum atomic E-state index is 15.6. The summed E-state index contributed by atoms with van der Waals surface area (Å²) >= 11 is 0. The normalized spacial score (nSPS) is 30.7. The van der Waals surface area contributed by atoms with Crippen molar-refractivity contribution in [2.75, 3.05) is 0 Å². The number of halogens is 2. The highest BCUT2D eigenvalue weighted by atomic mass is 19.1. The first-order chi connectivity index (χ1) is 15.4. The summed E-state index contributed by atoms with van der Waals surface area (Å²) in [7, 11) is 0. The molecule has 0 N–H and O–H groups in total. The van der Waals surface area contributed by atoms with Gasteiger partial charge in [-0.2, -0.15) is 0 Å². The summed E-state index contributed by atoms with van der Waals surface area (Å²) in [6.07, 6.45) is 7.95. The zero-order valence-corrected chi connectivity index (χ0v) is 18.5. The molecule has 1 heterocycles. The molecule has 0 amide bonds. The zero-order chi connectivity index (χ0) is 22.2. The molecule has 2 nitrogen and oxygen atoms in total. The molecule has 3 fully saturated rings. The topological polar surface area (TPSA) is 20.3 Å². The lowest BCUT2D eigenvalue weighted by Gasteiger charge is -2.70. The van der Waals surface area contributed by atoms with Crippen LogP contribution in [0.1, 0.15) is 67.8 Å². The second-order valence-electron chi connectivity index (χ2n) is 10.2. The van der Waals surface area contributed by atoms with E-state index in [0.717, 1.165) is 38.0 Å². The minimum absolute atomic E-state index is 0.0914. The van der Waals surface area contributed by atoms with Crippen LogP contribution in [-0.2, 0) is 11.2 Å². The Kier molecular flexibility index (Phi) is 4.36. The second kappa shape index (κ2) is 6.95. The van der Waals surface area contributed by atoms with Gasteiger partial charge >= 0.3 is 0 Å². The zero-order valence-electron chi connectivity index (χ0n) is 18.5. The molecular formula is C28H27F2NO. The van der Waals surface area contributed by atoms with Crippen LogP contribution in [0.2, 0.25) is 0 Å². The number of fused-ring (bicyclic) bond motifs is 2. The van der Waals surface area contributed by atoms with E-state index in [9.17, 15) is 4.79 Å². The Bertz CT molecular complexity index is 1170. The summed E-state index contributed by atoms with van der Waals surface area (Å²) in [5.41, 5.74) is 5.59. The van der Waals surface area contributed by atoms with E-state index in [-0.39, 0.29) is 29.0 Å². The molecule has 2 bridgehead atoms. The summed E-state index contributed by atoms with van der Waals surface area (Å²) in [4.78, 5) is 13.7. The molecule has 2 atom stereocenters. The number of nitrogens with zero attached hydrogens (tertiary/aromatic N) is 1. The van der Waals surface area contributed by atoms with Gasteiger partial charge in [-0.25, -0.2) is 8.78 Å². The largest absolute Gasteiger partial charge is 0.295 e. The second-order valence-corrected chi connectivity index (χ2v) is 10.2. The van der Waals surface area contributed by atoms with Crippen molar-refractivity contribution in [1.29, 1.82) is 0 Å². The van der Waals surface area contributed by atoms with Gasteiger partial charge in [-0.3, -0.25) is 9.69 Å². The fourth-order valence-corrected chi connectivity index (χ4v) is 6.75. The van der Waals surface area contributed by atoms with Crippen molar-refractivity contribution >= 4 is 17.4 Å². The van der Waals surface area contributed by atoms with Gasteiger partial charge in [0.25, 0.3) is 0 Å². The molecule has 3 saturated carbocycles. The highest BCUT2D eigenvalue weighted by Crippen LogP contribution is 2.65. The molecule has 32 heavy (non-hydrogen) atoms. The lowest BCUT2D eigenvalue weighted by Crippen LogP contribution is -2.71. The van der Waals surface area contributed by atoms with Crippen LogP contribution < -0.4 is 0 Å². The molecule has 1 aliphatic heterocycles. The molecule has 0 spiro atoms. The molecule has 0 unspecified atom stereocenters. The Labute approximate surface area is 187 Å². The summed E-state index contributed by atoms with van der Waals surface area (Å²) in [5.74, 6) is -0.407. The SMILES string of the molecule is CC(=O)/C=C/c1cc(F)c([C@@H]2C3=C(C[C@@H](C)N2C24CC(C2)C4)c2ccccc2C3)c(F)c1. The lowest BCUT2D eigenvalue weighted by atomic mass is 9.48. The minimum atomic E-state index is -0.522. The molecule has 0 radical (unpaired) electrons. The van der Waals surface area contributed by atoms with Gasteiger partial charge < -0.3 is 0 Å². The molecule has 5 aliphatic rings. The van der Waals surface area contributed by atoms with Gasteiger partial charge in [0.1, 0.15) is 11.6 Å². The summed E-state index contributed by atoms with van der Waals surface area (Å²) in [6, 6.07) is 11.0. The van der Waals surface area contributed by atoms with Crippen LogP contribution in [0.25, 0.3) is 11.6 Å². The lowest BCUT2D eigenvalue weighted by molar-refractivity contribution is -0.173. The van der Waals surface area contributed by atoms with Crippen LogP contribution in [0.3, 0.4) is 0 Å².